The Hall–Kier alpha value is -2.41. The van der Waals surface area contributed by atoms with E-state index in [1.165, 1.54) is 12.1 Å². The number of hydrogen-bond donors (Lipinski definition) is 3. The van der Waals surface area contributed by atoms with E-state index in [4.69, 9.17) is 17.3 Å². The first-order chi connectivity index (χ1) is 10.0. The zero-order chi connectivity index (χ0) is 15.4. The normalized spacial score (nSPS) is 10.4. The predicted octanol–water partition coefficient (Wildman–Crippen LogP) is 1.76. The molecule has 0 unspecified atom stereocenters. The molecule has 0 saturated heterocycles. The number of nitrogens with zero attached hydrogens (tertiary/aromatic N) is 2. The van der Waals surface area contributed by atoms with E-state index in [1.807, 2.05) is 6.92 Å². The fourth-order valence-corrected chi connectivity index (χ4v) is 1.93. The summed E-state index contributed by atoms with van der Waals surface area (Å²) in [6.45, 7) is 2.00. The Kier molecular flexibility index (Phi) is 4.54. The third-order valence-corrected chi connectivity index (χ3v) is 3.04. The van der Waals surface area contributed by atoms with Gasteiger partial charge in [0.2, 0.25) is 11.7 Å². The van der Waals surface area contributed by atoms with E-state index >= 15 is 0 Å². The monoisotopic (exact) mass is 307 g/mol. The van der Waals surface area contributed by atoms with Crippen molar-refractivity contribution in [2.75, 3.05) is 5.32 Å². The zero-order valence-electron chi connectivity index (χ0n) is 11.3. The van der Waals surface area contributed by atoms with E-state index in [1.54, 1.807) is 6.07 Å². The number of rotatable bonds is 5. The van der Waals surface area contributed by atoms with E-state index in [-0.39, 0.29) is 16.4 Å². The van der Waals surface area contributed by atoms with Gasteiger partial charge >= 0.3 is 0 Å². The molecule has 2 amide bonds. The summed E-state index contributed by atoms with van der Waals surface area (Å²) in [5.41, 5.74) is 5.72. The summed E-state index contributed by atoms with van der Waals surface area (Å²) in [7, 11) is 0. The lowest BCUT2D eigenvalue weighted by Crippen LogP contribution is -2.16. The van der Waals surface area contributed by atoms with Gasteiger partial charge in [-0.15, -0.1) is 5.10 Å². The summed E-state index contributed by atoms with van der Waals surface area (Å²) in [6.07, 6.45) is 1.61. The van der Waals surface area contributed by atoms with Crippen LogP contribution in [0.25, 0.3) is 0 Å². The number of hydrogen-bond acceptors (Lipinski definition) is 4. The van der Waals surface area contributed by atoms with E-state index in [0.717, 1.165) is 6.42 Å². The molecule has 0 atom stereocenters. The number of primary amides is 1. The van der Waals surface area contributed by atoms with Gasteiger partial charge in [-0.2, -0.15) is 0 Å². The molecule has 7 nitrogen and oxygen atoms in total. The van der Waals surface area contributed by atoms with Crippen molar-refractivity contribution in [3.8, 4) is 0 Å². The van der Waals surface area contributed by atoms with Crippen LogP contribution in [0, 0.1) is 0 Å². The topological polar surface area (TPSA) is 114 Å². The number of H-pyrrole nitrogens is 1. The van der Waals surface area contributed by atoms with Gasteiger partial charge in [0, 0.05) is 12.1 Å². The maximum absolute atomic E-state index is 12.0. The Balaban J connectivity index is 2.15. The number of aryl methyl sites for hydroxylation is 1. The molecule has 4 N–H and O–H groups in total. The van der Waals surface area contributed by atoms with Gasteiger partial charge in [-0.05, 0) is 24.6 Å². The second-order valence-corrected chi connectivity index (χ2v) is 4.78. The van der Waals surface area contributed by atoms with Gasteiger partial charge in [-0.3, -0.25) is 14.7 Å². The molecular weight excluding hydrogens is 294 g/mol. The Bertz CT molecular complexity index is 683. The third kappa shape index (κ3) is 3.57. The van der Waals surface area contributed by atoms with Crippen molar-refractivity contribution in [3.63, 3.8) is 0 Å². The molecular formula is C13H14ClN5O2. The Labute approximate surface area is 125 Å². The number of anilines is 1. The van der Waals surface area contributed by atoms with Crippen LogP contribution in [-0.2, 0) is 6.42 Å². The number of carbonyl (C=O) groups excluding carboxylic acids is 2. The number of benzene rings is 1. The summed E-state index contributed by atoms with van der Waals surface area (Å²) in [5.74, 6) is -0.462. The summed E-state index contributed by atoms with van der Waals surface area (Å²) in [4.78, 5) is 27.3. The van der Waals surface area contributed by atoms with Gasteiger partial charge < -0.3 is 11.1 Å². The van der Waals surface area contributed by atoms with Crippen LogP contribution in [-0.4, -0.2) is 27.0 Å². The van der Waals surface area contributed by atoms with Gasteiger partial charge in [0.15, 0.2) is 0 Å². The van der Waals surface area contributed by atoms with Crippen molar-refractivity contribution in [3.05, 3.63) is 40.4 Å². The molecule has 0 saturated carbocycles. The highest BCUT2D eigenvalue weighted by Crippen LogP contribution is 2.20. The number of nitrogens with one attached hydrogen (secondary N) is 2. The maximum Gasteiger partial charge on any atom is 0.295 e. The molecule has 0 aliphatic heterocycles. The van der Waals surface area contributed by atoms with Crippen molar-refractivity contribution in [1.82, 2.24) is 15.2 Å². The molecule has 1 aromatic carbocycles. The van der Waals surface area contributed by atoms with Crippen LogP contribution in [0.5, 0.6) is 0 Å². The molecule has 0 aliphatic rings. The number of halogens is 1. The van der Waals surface area contributed by atoms with E-state index in [0.29, 0.717) is 17.9 Å². The molecule has 0 bridgehead atoms. The van der Waals surface area contributed by atoms with E-state index < -0.39 is 11.8 Å². The average molecular weight is 308 g/mol. The van der Waals surface area contributed by atoms with E-state index in [9.17, 15) is 9.59 Å². The second-order valence-electron chi connectivity index (χ2n) is 4.37. The summed E-state index contributed by atoms with van der Waals surface area (Å²) in [5, 5.41) is 9.35. The number of aromatic nitrogens is 3. The minimum absolute atomic E-state index is 0.0361. The molecule has 21 heavy (non-hydrogen) atoms. The van der Waals surface area contributed by atoms with Crippen LogP contribution in [0.3, 0.4) is 0 Å². The van der Waals surface area contributed by atoms with Gasteiger partial charge in [0.05, 0.1) is 10.6 Å². The van der Waals surface area contributed by atoms with Crippen LogP contribution in [0.1, 0.15) is 40.1 Å². The fraction of sp³-hybridized carbons (Fsp3) is 0.231. The van der Waals surface area contributed by atoms with Crippen LogP contribution in [0.2, 0.25) is 5.02 Å². The minimum Gasteiger partial charge on any atom is -0.366 e. The van der Waals surface area contributed by atoms with Crippen LogP contribution in [0.4, 0.5) is 5.69 Å². The highest BCUT2D eigenvalue weighted by atomic mass is 35.5. The molecule has 8 heteroatoms. The Morgan fingerprint density at radius 1 is 1.43 bits per heavy atom. The largest absolute Gasteiger partial charge is 0.366 e. The molecule has 2 aromatic rings. The zero-order valence-corrected chi connectivity index (χ0v) is 12.1. The van der Waals surface area contributed by atoms with Crippen LogP contribution in [0.15, 0.2) is 18.2 Å². The second kappa shape index (κ2) is 6.36. The minimum atomic E-state index is -0.667. The lowest BCUT2D eigenvalue weighted by Gasteiger charge is -2.05. The summed E-state index contributed by atoms with van der Waals surface area (Å²) < 4.78 is 0. The lowest BCUT2D eigenvalue weighted by atomic mass is 10.2. The SMILES string of the molecule is CCCc1nc(C(=O)Nc2ccc(Cl)c(C(N)=O)c2)n[nH]1. The summed E-state index contributed by atoms with van der Waals surface area (Å²) >= 11 is 5.84. The van der Waals surface area contributed by atoms with Gasteiger partial charge in [-0.25, -0.2) is 4.98 Å². The number of aromatic amines is 1. The van der Waals surface area contributed by atoms with Gasteiger partial charge in [-0.1, -0.05) is 18.5 Å². The van der Waals surface area contributed by atoms with Gasteiger partial charge in [0.25, 0.3) is 5.91 Å². The summed E-state index contributed by atoms with van der Waals surface area (Å²) in [6, 6.07) is 4.45. The first-order valence-electron chi connectivity index (χ1n) is 6.33. The molecule has 1 aromatic heterocycles. The van der Waals surface area contributed by atoms with Crippen molar-refractivity contribution < 1.29 is 9.59 Å². The molecule has 110 valence electrons. The standard InChI is InChI=1S/C13H14ClN5O2/c1-2-3-10-17-12(19-18-10)13(21)16-7-4-5-9(14)8(6-7)11(15)20/h4-6H,2-3H2,1H3,(H2,15,20)(H,16,21)(H,17,18,19). The van der Waals surface area contributed by atoms with Crippen molar-refractivity contribution in [2.24, 2.45) is 5.73 Å². The van der Waals surface area contributed by atoms with Crippen molar-refractivity contribution in [2.45, 2.75) is 19.8 Å². The first-order valence-corrected chi connectivity index (χ1v) is 6.71. The molecule has 0 radical (unpaired) electrons. The molecule has 0 fully saturated rings. The van der Waals surface area contributed by atoms with Crippen LogP contribution < -0.4 is 11.1 Å². The smallest absolute Gasteiger partial charge is 0.295 e. The van der Waals surface area contributed by atoms with Crippen LogP contribution >= 0.6 is 11.6 Å². The van der Waals surface area contributed by atoms with Crippen molar-refractivity contribution in [1.29, 1.82) is 0 Å². The molecule has 1 heterocycles. The van der Waals surface area contributed by atoms with Gasteiger partial charge in [0.1, 0.15) is 5.82 Å². The number of nitrogens with two attached hydrogens (primary N) is 1. The number of carbonyl (C=O) groups is 2. The Morgan fingerprint density at radius 3 is 2.86 bits per heavy atom. The molecule has 2 rings (SSSR count). The highest BCUT2D eigenvalue weighted by molar-refractivity contribution is 6.34. The average Bonchev–Trinajstić information content (AvgIpc) is 2.90. The van der Waals surface area contributed by atoms with E-state index in [2.05, 4.69) is 20.5 Å². The quantitative estimate of drug-likeness (QED) is 0.780. The Morgan fingerprint density at radius 2 is 2.19 bits per heavy atom. The lowest BCUT2D eigenvalue weighted by molar-refractivity contribution is 0.0994. The third-order valence-electron chi connectivity index (χ3n) is 2.71. The molecule has 0 aliphatic carbocycles. The maximum atomic E-state index is 12.0. The molecule has 0 spiro atoms. The predicted molar refractivity (Wildman–Crippen MR) is 78.3 cm³/mol. The van der Waals surface area contributed by atoms with Crippen molar-refractivity contribution >= 4 is 29.1 Å². The first kappa shape index (κ1) is 15.0. The number of amides is 2. The highest BCUT2D eigenvalue weighted by Gasteiger charge is 2.14. The fourth-order valence-electron chi connectivity index (χ4n) is 1.72.